The molecule has 4 rings (SSSR count). The summed E-state index contributed by atoms with van der Waals surface area (Å²) < 4.78 is 25.0. The Morgan fingerprint density at radius 2 is 2.03 bits per heavy atom. The van der Waals surface area contributed by atoms with E-state index in [1.165, 1.54) is 4.31 Å². The number of nitrogens with one attached hydrogen (secondary N) is 1. The van der Waals surface area contributed by atoms with E-state index in [2.05, 4.69) is 9.97 Å². The largest absolute Gasteiger partial charge is 0.328 e. The van der Waals surface area contributed by atoms with Crippen LogP contribution in [-0.4, -0.2) is 52.8 Å². The SMILES string of the molecule is Cc1cccc(C(=O)N2CCCC[C@@H]2c2nc3c(c(=O)[nH]2)CN(S(C)(=O)=O)CC3)c1. The average Bonchev–Trinajstić information content (AvgIpc) is 2.72. The minimum absolute atomic E-state index is 0.0351. The van der Waals surface area contributed by atoms with E-state index in [-0.39, 0.29) is 24.1 Å². The van der Waals surface area contributed by atoms with E-state index in [9.17, 15) is 18.0 Å². The number of sulfonamides is 1. The van der Waals surface area contributed by atoms with Crippen LogP contribution in [0.1, 0.15) is 58.3 Å². The number of carbonyl (C=O) groups excluding carboxylic acids is 1. The Morgan fingerprint density at radius 3 is 2.77 bits per heavy atom. The number of aryl methyl sites for hydroxylation is 1. The molecule has 2 aliphatic heterocycles. The Bertz CT molecular complexity index is 1140. The van der Waals surface area contributed by atoms with Crippen molar-refractivity contribution in [3.05, 3.63) is 62.8 Å². The van der Waals surface area contributed by atoms with Gasteiger partial charge in [-0.25, -0.2) is 13.4 Å². The van der Waals surface area contributed by atoms with E-state index in [1.54, 1.807) is 4.90 Å². The summed E-state index contributed by atoms with van der Waals surface area (Å²) in [6.07, 6.45) is 4.12. The zero-order valence-electron chi connectivity index (χ0n) is 17.2. The molecule has 3 heterocycles. The van der Waals surface area contributed by atoms with Gasteiger partial charge < -0.3 is 9.88 Å². The number of amides is 1. The van der Waals surface area contributed by atoms with Crippen molar-refractivity contribution in [2.75, 3.05) is 19.3 Å². The minimum atomic E-state index is -3.37. The number of nitrogens with zero attached hydrogens (tertiary/aromatic N) is 3. The lowest BCUT2D eigenvalue weighted by Gasteiger charge is -2.35. The highest BCUT2D eigenvalue weighted by molar-refractivity contribution is 7.88. The van der Waals surface area contributed by atoms with Crippen LogP contribution in [0.4, 0.5) is 0 Å². The summed E-state index contributed by atoms with van der Waals surface area (Å²) in [6, 6.07) is 7.21. The Morgan fingerprint density at radius 1 is 1.23 bits per heavy atom. The van der Waals surface area contributed by atoms with Crippen molar-refractivity contribution in [1.29, 1.82) is 0 Å². The van der Waals surface area contributed by atoms with E-state index in [0.717, 1.165) is 31.1 Å². The molecule has 1 atom stereocenters. The molecule has 0 saturated carbocycles. The van der Waals surface area contributed by atoms with Gasteiger partial charge in [-0.15, -0.1) is 0 Å². The molecule has 8 nitrogen and oxygen atoms in total. The first-order valence-electron chi connectivity index (χ1n) is 10.2. The third-order valence-electron chi connectivity index (χ3n) is 5.87. The molecular weight excluding hydrogens is 404 g/mol. The van der Waals surface area contributed by atoms with Crippen molar-refractivity contribution >= 4 is 15.9 Å². The molecule has 160 valence electrons. The van der Waals surface area contributed by atoms with E-state index in [1.807, 2.05) is 31.2 Å². The van der Waals surface area contributed by atoms with Crippen molar-refractivity contribution in [3.63, 3.8) is 0 Å². The number of H-pyrrole nitrogens is 1. The van der Waals surface area contributed by atoms with Crippen molar-refractivity contribution in [2.24, 2.45) is 0 Å². The molecule has 0 aliphatic carbocycles. The Hall–Kier alpha value is -2.52. The summed E-state index contributed by atoms with van der Waals surface area (Å²) >= 11 is 0. The van der Waals surface area contributed by atoms with Crippen LogP contribution in [0, 0.1) is 6.92 Å². The van der Waals surface area contributed by atoms with Crippen LogP contribution in [0.25, 0.3) is 0 Å². The van der Waals surface area contributed by atoms with Gasteiger partial charge in [0.15, 0.2) is 0 Å². The molecule has 2 aromatic rings. The van der Waals surface area contributed by atoms with Crippen LogP contribution in [0.3, 0.4) is 0 Å². The lowest BCUT2D eigenvalue weighted by atomic mass is 9.99. The first kappa shape index (κ1) is 20.7. The maximum absolute atomic E-state index is 13.2. The molecule has 1 fully saturated rings. The van der Waals surface area contributed by atoms with Crippen LogP contribution in [-0.2, 0) is 23.0 Å². The van der Waals surface area contributed by atoms with Crippen LogP contribution >= 0.6 is 0 Å². The van der Waals surface area contributed by atoms with Crippen molar-refractivity contribution in [1.82, 2.24) is 19.2 Å². The third-order valence-corrected chi connectivity index (χ3v) is 7.11. The second kappa shape index (κ2) is 7.96. The molecule has 1 aromatic carbocycles. The molecule has 0 radical (unpaired) electrons. The lowest BCUT2D eigenvalue weighted by molar-refractivity contribution is 0.0598. The topological polar surface area (TPSA) is 103 Å². The number of aromatic amines is 1. The fourth-order valence-electron chi connectivity index (χ4n) is 4.26. The summed E-state index contributed by atoms with van der Waals surface area (Å²) in [6.45, 7) is 2.90. The Kier molecular flexibility index (Phi) is 5.50. The lowest BCUT2D eigenvalue weighted by Crippen LogP contribution is -2.42. The van der Waals surface area contributed by atoms with Crippen molar-refractivity contribution in [2.45, 2.75) is 45.2 Å². The predicted octanol–water partition coefficient (Wildman–Crippen LogP) is 1.76. The third kappa shape index (κ3) is 4.04. The van der Waals surface area contributed by atoms with E-state index in [4.69, 9.17) is 0 Å². The molecule has 2 aliphatic rings. The maximum Gasteiger partial charge on any atom is 0.255 e. The maximum atomic E-state index is 13.2. The number of rotatable bonds is 3. The predicted molar refractivity (Wildman–Crippen MR) is 113 cm³/mol. The van der Waals surface area contributed by atoms with Gasteiger partial charge in [0.05, 0.1) is 23.6 Å². The summed E-state index contributed by atoms with van der Waals surface area (Å²) in [5.41, 5.74) is 2.35. The van der Waals surface area contributed by atoms with Gasteiger partial charge in [0.2, 0.25) is 10.0 Å². The molecule has 1 saturated heterocycles. The van der Waals surface area contributed by atoms with Gasteiger partial charge in [0.25, 0.3) is 11.5 Å². The van der Waals surface area contributed by atoms with Gasteiger partial charge in [-0.05, 0) is 38.3 Å². The zero-order valence-corrected chi connectivity index (χ0v) is 18.0. The van der Waals surface area contributed by atoms with Gasteiger partial charge in [-0.1, -0.05) is 17.7 Å². The number of fused-ring (bicyclic) bond motifs is 1. The molecule has 1 amide bonds. The monoisotopic (exact) mass is 430 g/mol. The van der Waals surface area contributed by atoms with Gasteiger partial charge >= 0.3 is 0 Å². The number of likely N-dealkylation sites (tertiary alicyclic amines) is 1. The van der Waals surface area contributed by atoms with Crippen molar-refractivity contribution in [3.8, 4) is 0 Å². The molecule has 1 N–H and O–H groups in total. The number of piperidine rings is 1. The van der Waals surface area contributed by atoms with Crippen LogP contribution < -0.4 is 5.56 Å². The summed E-state index contributed by atoms with van der Waals surface area (Å²) in [7, 11) is -3.37. The molecule has 30 heavy (non-hydrogen) atoms. The number of aromatic nitrogens is 2. The van der Waals surface area contributed by atoms with Crippen LogP contribution in [0.2, 0.25) is 0 Å². The summed E-state index contributed by atoms with van der Waals surface area (Å²) in [5.74, 6) is 0.430. The quantitative estimate of drug-likeness (QED) is 0.799. The Labute approximate surface area is 176 Å². The second-order valence-electron chi connectivity index (χ2n) is 8.10. The first-order chi connectivity index (χ1) is 14.2. The zero-order chi connectivity index (χ0) is 21.5. The fourth-order valence-corrected chi connectivity index (χ4v) is 5.05. The Balaban J connectivity index is 1.66. The number of carbonyl (C=O) groups is 1. The standard InChI is InChI=1S/C21H26N4O4S/c1-14-6-5-7-15(12-14)21(27)25-10-4-3-8-18(25)19-22-17-9-11-24(30(2,28)29)13-16(17)20(26)23-19/h5-7,12,18H,3-4,8-11,13H2,1-2H3,(H,22,23,26)/t18-/m1/s1. The molecule has 1 aromatic heterocycles. The smallest absolute Gasteiger partial charge is 0.255 e. The van der Waals surface area contributed by atoms with Gasteiger partial charge in [-0.3, -0.25) is 9.59 Å². The summed E-state index contributed by atoms with van der Waals surface area (Å²) in [4.78, 5) is 35.3. The van der Waals surface area contributed by atoms with E-state index < -0.39 is 10.0 Å². The minimum Gasteiger partial charge on any atom is -0.328 e. The molecule has 9 heteroatoms. The van der Waals surface area contributed by atoms with Gasteiger partial charge in [0.1, 0.15) is 5.82 Å². The van der Waals surface area contributed by atoms with Gasteiger partial charge in [-0.2, -0.15) is 4.31 Å². The van der Waals surface area contributed by atoms with E-state index >= 15 is 0 Å². The molecular formula is C21H26N4O4S. The number of hydrogen-bond acceptors (Lipinski definition) is 5. The number of hydrogen-bond donors (Lipinski definition) is 1. The molecule has 0 bridgehead atoms. The normalized spacial score (nSPS) is 20.1. The van der Waals surface area contributed by atoms with Crippen molar-refractivity contribution < 1.29 is 13.2 Å². The highest BCUT2D eigenvalue weighted by Gasteiger charge is 2.33. The highest BCUT2D eigenvalue weighted by atomic mass is 32.2. The molecule has 0 spiro atoms. The first-order valence-corrected chi connectivity index (χ1v) is 12.0. The second-order valence-corrected chi connectivity index (χ2v) is 10.1. The van der Waals surface area contributed by atoms with Gasteiger partial charge in [0, 0.05) is 31.6 Å². The summed E-state index contributed by atoms with van der Waals surface area (Å²) in [5, 5.41) is 0. The molecule has 0 unspecified atom stereocenters. The average molecular weight is 431 g/mol. The fraction of sp³-hybridized carbons (Fsp3) is 0.476. The van der Waals surface area contributed by atoms with E-state index in [0.29, 0.717) is 42.2 Å². The number of benzene rings is 1. The van der Waals surface area contributed by atoms with Crippen LogP contribution in [0.15, 0.2) is 29.1 Å². The van der Waals surface area contributed by atoms with Crippen LogP contribution in [0.5, 0.6) is 0 Å². The highest BCUT2D eigenvalue weighted by Crippen LogP contribution is 2.31.